The summed E-state index contributed by atoms with van der Waals surface area (Å²) >= 11 is 13.0. The van der Waals surface area contributed by atoms with Gasteiger partial charge in [-0.1, -0.05) is 29.6 Å². The molecule has 0 bridgehead atoms. The molecule has 0 saturated carbocycles. The minimum atomic E-state index is -0.435. The van der Waals surface area contributed by atoms with E-state index >= 15 is 0 Å². The van der Waals surface area contributed by atoms with Gasteiger partial charge in [-0.3, -0.25) is 24.1 Å². The predicted molar refractivity (Wildman–Crippen MR) is 137 cm³/mol. The zero-order valence-corrected chi connectivity index (χ0v) is 21.7. The Labute approximate surface area is 218 Å². The van der Waals surface area contributed by atoms with E-state index in [1.54, 1.807) is 17.0 Å². The lowest BCUT2D eigenvalue weighted by Gasteiger charge is -2.29. The second kappa shape index (κ2) is 11.8. The summed E-state index contributed by atoms with van der Waals surface area (Å²) < 4.78 is 0. The van der Waals surface area contributed by atoms with Crippen LogP contribution in [0.25, 0.3) is 0 Å². The lowest BCUT2D eigenvalue weighted by molar-refractivity contribution is -0.129. The number of benzene rings is 1. The molecular weight excluding hydrogens is 511 g/mol. The van der Waals surface area contributed by atoms with Crippen LogP contribution in [0.3, 0.4) is 0 Å². The molecule has 3 saturated heterocycles. The Morgan fingerprint density at radius 3 is 2.40 bits per heavy atom. The number of rotatable bonds is 6. The van der Waals surface area contributed by atoms with E-state index in [-0.39, 0.29) is 18.4 Å². The third-order valence-corrected chi connectivity index (χ3v) is 8.10. The summed E-state index contributed by atoms with van der Waals surface area (Å²) in [4.78, 5) is 56.0. The summed E-state index contributed by atoms with van der Waals surface area (Å²) in [6.45, 7) is 3.91. The van der Waals surface area contributed by atoms with Gasteiger partial charge in [0.1, 0.15) is 6.54 Å². The molecule has 1 N–H and O–H groups in total. The molecule has 8 nitrogen and oxygen atoms in total. The number of piperidine rings is 2. The maximum absolute atomic E-state index is 12.9. The zero-order chi connectivity index (χ0) is 24.9. The molecule has 0 aromatic heterocycles. The minimum absolute atomic E-state index is 0.194. The molecule has 3 heterocycles. The van der Waals surface area contributed by atoms with Crippen molar-refractivity contribution < 1.29 is 19.2 Å². The first-order chi connectivity index (χ1) is 16.8. The highest BCUT2D eigenvalue weighted by atomic mass is 35.5. The predicted octanol–water partition coefficient (Wildman–Crippen LogP) is 3.78. The first kappa shape index (κ1) is 26.0. The van der Waals surface area contributed by atoms with Gasteiger partial charge in [0.05, 0.1) is 15.5 Å². The fraction of sp³-hybridized carbons (Fsp3) is 0.500. The van der Waals surface area contributed by atoms with Gasteiger partial charge >= 0.3 is 0 Å². The average Bonchev–Trinajstić information content (AvgIpc) is 3.13. The molecule has 4 rings (SSSR count). The number of hydrogen-bond acceptors (Lipinski definition) is 6. The molecule has 1 aromatic rings. The van der Waals surface area contributed by atoms with Crippen molar-refractivity contribution in [1.82, 2.24) is 20.0 Å². The van der Waals surface area contributed by atoms with E-state index in [4.69, 9.17) is 23.2 Å². The van der Waals surface area contributed by atoms with Gasteiger partial charge in [0.25, 0.3) is 17.1 Å². The highest BCUT2D eigenvalue weighted by Crippen LogP contribution is 2.36. The number of amides is 4. The number of hydrogen-bond donors (Lipinski definition) is 1. The van der Waals surface area contributed by atoms with Gasteiger partial charge in [0.15, 0.2) is 0 Å². The van der Waals surface area contributed by atoms with Crippen LogP contribution in [0.4, 0.5) is 4.79 Å². The summed E-state index contributed by atoms with van der Waals surface area (Å²) in [5.74, 6) is -0.961. The van der Waals surface area contributed by atoms with Crippen LogP contribution in [-0.4, -0.2) is 83.5 Å². The smallest absolute Gasteiger partial charge is 0.294 e. The molecule has 3 aliphatic heterocycles. The molecule has 3 fully saturated rings. The number of imide groups is 1. The third-order valence-electron chi connectivity index (χ3n) is 6.49. The lowest BCUT2D eigenvalue weighted by Crippen LogP contribution is -2.43. The van der Waals surface area contributed by atoms with E-state index in [1.165, 1.54) is 25.3 Å². The number of nitrogens with one attached hydrogen (secondary N) is 1. The highest BCUT2D eigenvalue weighted by molar-refractivity contribution is 8.18. The van der Waals surface area contributed by atoms with Crippen molar-refractivity contribution in [2.75, 3.05) is 45.8 Å². The molecule has 1 aromatic carbocycles. The van der Waals surface area contributed by atoms with Crippen molar-refractivity contribution >= 4 is 57.9 Å². The van der Waals surface area contributed by atoms with Gasteiger partial charge in [-0.2, -0.15) is 0 Å². The molecule has 0 atom stereocenters. The standard InChI is InChI=1S/C24H28Cl2N4O4S/c25-17-4-5-18(19(26)14-17)22(32)29-11-6-16(7-12-29)21-23(33)30(24(34)35-21)15-20(31)27-8-13-28-9-2-1-3-10-28/h4-5,14H,1-3,6-13,15H2,(H,27,31). The van der Waals surface area contributed by atoms with Crippen LogP contribution in [0.5, 0.6) is 0 Å². The second-order valence-corrected chi connectivity index (χ2v) is 10.7. The summed E-state index contributed by atoms with van der Waals surface area (Å²) in [5.41, 5.74) is 1.22. The fourth-order valence-corrected chi connectivity index (χ4v) is 5.99. The maximum atomic E-state index is 12.9. The molecule has 3 aliphatic rings. The van der Waals surface area contributed by atoms with E-state index in [1.807, 2.05) is 0 Å². The van der Waals surface area contributed by atoms with Crippen LogP contribution >= 0.6 is 35.0 Å². The van der Waals surface area contributed by atoms with Crippen LogP contribution in [0.15, 0.2) is 28.7 Å². The maximum Gasteiger partial charge on any atom is 0.294 e. The van der Waals surface area contributed by atoms with E-state index in [0.29, 0.717) is 53.0 Å². The van der Waals surface area contributed by atoms with Crippen LogP contribution in [-0.2, 0) is 9.59 Å². The Kier molecular flexibility index (Phi) is 8.75. The Balaban J connectivity index is 1.29. The Morgan fingerprint density at radius 2 is 1.71 bits per heavy atom. The molecule has 0 unspecified atom stereocenters. The molecule has 11 heteroatoms. The molecule has 188 valence electrons. The van der Waals surface area contributed by atoms with Gasteiger partial charge in [-0.25, -0.2) is 0 Å². The van der Waals surface area contributed by atoms with E-state index in [2.05, 4.69) is 10.2 Å². The van der Waals surface area contributed by atoms with Gasteiger partial charge in [0, 0.05) is 31.2 Å². The fourth-order valence-electron chi connectivity index (χ4n) is 4.53. The average molecular weight is 539 g/mol. The van der Waals surface area contributed by atoms with Crippen LogP contribution in [0.2, 0.25) is 10.0 Å². The topological polar surface area (TPSA) is 90.0 Å². The summed E-state index contributed by atoms with van der Waals surface area (Å²) in [7, 11) is 0. The minimum Gasteiger partial charge on any atom is -0.353 e. The van der Waals surface area contributed by atoms with Gasteiger partial charge in [0.2, 0.25) is 5.91 Å². The van der Waals surface area contributed by atoms with Crippen molar-refractivity contribution in [2.45, 2.75) is 32.1 Å². The normalized spacial score (nSPS) is 19.5. The second-order valence-electron chi connectivity index (χ2n) is 8.86. The summed E-state index contributed by atoms with van der Waals surface area (Å²) in [6.07, 6.45) is 4.57. The van der Waals surface area contributed by atoms with Crippen LogP contribution in [0.1, 0.15) is 42.5 Å². The molecule has 0 radical (unpaired) electrons. The monoisotopic (exact) mass is 538 g/mol. The van der Waals surface area contributed by atoms with Crippen molar-refractivity contribution in [2.24, 2.45) is 0 Å². The van der Waals surface area contributed by atoms with Crippen molar-refractivity contribution in [3.05, 3.63) is 44.3 Å². The van der Waals surface area contributed by atoms with Crippen LogP contribution in [0, 0.1) is 0 Å². The molecule has 35 heavy (non-hydrogen) atoms. The first-order valence-corrected chi connectivity index (χ1v) is 13.4. The quantitative estimate of drug-likeness (QED) is 0.554. The number of halogens is 2. The third kappa shape index (κ3) is 6.39. The van der Waals surface area contributed by atoms with Crippen molar-refractivity contribution in [3.8, 4) is 0 Å². The number of nitrogens with zero attached hydrogens (tertiary/aromatic N) is 3. The largest absolute Gasteiger partial charge is 0.353 e. The van der Waals surface area contributed by atoms with Crippen molar-refractivity contribution in [1.29, 1.82) is 0 Å². The molecule has 0 spiro atoms. The van der Waals surface area contributed by atoms with E-state index < -0.39 is 11.1 Å². The van der Waals surface area contributed by atoms with Crippen molar-refractivity contribution in [3.63, 3.8) is 0 Å². The Bertz CT molecular complexity index is 1050. The van der Waals surface area contributed by atoms with E-state index in [0.717, 1.165) is 41.9 Å². The first-order valence-electron chi connectivity index (χ1n) is 11.8. The number of likely N-dealkylation sites (tertiary alicyclic amines) is 2. The van der Waals surface area contributed by atoms with Gasteiger partial charge in [-0.05, 0) is 74.3 Å². The van der Waals surface area contributed by atoms with Crippen LogP contribution < -0.4 is 5.32 Å². The number of carbonyl (C=O) groups excluding carboxylic acids is 4. The SMILES string of the molecule is O=C(CN1C(=O)SC(=C2CCN(C(=O)c3ccc(Cl)cc3Cl)CC2)C1=O)NCCN1CCCCC1. The lowest BCUT2D eigenvalue weighted by atomic mass is 10.0. The molecule has 4 amide bonds. The summed E-state index contributed by atoms with van der Waals surface area (Å²) in [5, 5.41) is 3.14. The Morgan fingerprint density at radius 1 is 1.00 bits per heavy atom. The van der Waals surface area contributed by atoms with Gasteiger partial charge in [-0.15, -0.1) is 0 Å². The molecular formula is C24H28Cl2N4O4S. The zero-order valence-electron chi connectivity index (χ0n) is 19.4. The van der Waals surface area contributed by atoms with E-state index in [9.17, 15) is 19.2 Å². The highest BCUT2D eigenvalue weighted by Gasteiger charge is 2.39. The summed E-state index contributed by atoms with van der Waals surface area (Å²) in [6, 6.07) is 4.76. The number of thioether (sulfide) groups is 1. The van der Waals surface area contributed by atoms with Gasteiger partial charge < -0.3 is 15.1 Å². The molecule has 0 aliphatic carbocycles. The number of carbonyl (C=O) groups is 4. The Hall–Kier alpha value is -2.07.